The van der Waals surface area contributed by atoms with Gasteiger partial charge in [0, 0.05) is 51.1 Å². The van der Waals surface area contributed by atoms with Gasteiger partial charge in [-0.2, -0.15) is 0 Å². The molecule has 49 heavy (non-hydrogen) atoms. The number of ketones is 1. The van der Waals surface area contributed by atoms with Crippen molar-refractivity contribution < 1.29 is 14.3 Å². The highest BCUT2D eigenvalue weighted by Gasteiger charge is 2.50. The molecule has 2 unspecified atom stereocenters. The molecule has 8 bridgehead atoms. The Morgan fingerprint density at radius 1 is 0.980 bits per heavy atom. The van der Waals surface area contributed by atoms with Gasteiger partial charge in [0.1, 0.15) is 17.0 Å². The van der Waals surface area contributed by atoms with Crippen LogP contribution < -0.4 is 21.3 Å². The summed E-state index contributed by atoms with van der Waals surface area (Å²) in [6, 6.07) is 19.7. The van der Waals surface area contributed by atoms with Gasteiger partial charge in [-0.3, -0.25) is 19.9 Å². The summed E-state index contributed by atoms with van der Waals surface area (Å²) in [5.41, 5.74) is 3.98. The Hall–Kier alpha value is -5.90. The first-order chi connectivity index (χ1) is 23.8. The van der Waals surface area contributed by atoms with E-state index in [-0.39, 0.29) is 17.8 Å². The Kier molecular flexibility index (Phi) is 7.63. The van der Waals surface area contributed by atoms with Gasteiger partial charge in [-0.1, -0.05) is 29.8 Å². The summed E-state index contributed by atoms with van der Waals surface area (Å²) in [7, 11) is 1.54. The second kappa shape index (κ2) is 12.3. The molecule has 0 spiro atoms. The third-order valence-electron chi connectivity index (χ3n) is 8.74. The van der Waals surface area contributed by atoms with Crippen LogP contribution in [-0.4, -0.2) is 51.8 Å². The average Bonchev–Trinajstić information content (AvgIpc) is 3.89. The predicted molar refractivity (Wildman–Crippen MR) is 193 cm³/mol. The minimum absolute atomic E-state index is 0.236. The molecule has 0 radical (unpaired) electrons. The van der Waals surface area contributed by atoms with Gasteiger partial charge in [0.25, 0.3) is 0 Å². The van der Waals surface area contributed by atoms with E-state index in [1.807, 2.05) is 91.1 Å². The lowest BCUT2D eigenvalue weighted by molar-refractivity contribution is -0.118. The first-order valence-electron chi connectivity index (χ1n) is 15.7. The maximum Gasteiger partial charge on any atom is 0.248 e. The molecule has 2 atom stereocenters. The van der Waals surface area contributed by atoms with Crippen LogP contribution in [0.2, 0.25) is 5.02 Å². The van der Waals surface area contributed by atoms with E-state index in [2.05, 4.69) is 20.6 Å². The van der Waals surface area contributed by atoms with Crippen molar-refractivity contribution in [3.63, 3.8) is 0 Å². The number of nitrogens with one attached hydrogen (secondary N) is 3. The smallest absolute Gasteiger partial charge is 0.248 e. The number of halogens is 1. The zero-order chi connectivity index (χ0) is 33.5. The zero-order valence-corrected chi connectivity index (χ0v) is 27.0. The Morgan fingerprint density at radius 2 is 1.80 bits per heavy atom. The molecule has 8 rings (SSSR count). The molecule has 10 heteroatoms. The standard InChI is InChI=1S/C39H29ClN6O3/c1-49-37-34-15-13-30(44-34)19-28-9-8-27(42-28)18-29-10-11-31(43-29)22-39(21-23-4-6-25(40)7-5-23)38(48)32(36(37)46-39)20-35(47)45-26-12-14-33-24(17-26)3-2-16-41-33/h2-20,22,36,43,46H,21H2,1H3,(H,45,47)/b28-19?,29-18?,31-22?,32-20+,37-34?. The molecular formula is C39H29ClN6O3. The Bertz CT molecular complexity index is 2410. The summed E-state index contributed by atoms with van der Waals surface area (Å²) >= 11 is 6.23. The third kappa shape index (κ3) is 6.01. The second-order valence-corrected chi connectivity index (χ2v) is 12.5. The Morgan fingerprint density at radius 3 is 2.65 bits per heavy atom. The maximum atomic E-state index is 14.9. The molecule has 1 amide bonds. The number of allylic oxidation sites excluding steroid dienone is 5. The molecule has 1 saturated heterocycles. The number of rotatable bonds is 5. The second-order valence-electron chi connectivity index (χ2n) is 12.1. The fourth-order valence-electron chi connectivity index (χ4n) is 6.53. The van der Waals surface area contributed by atoms with Crippen molar-refractivity contribution in [2.24, 2.45) is 9.98 Å². The quantitative estimate of drug-likeness (QED) is 0.269. The topological polar surface area (TPSA) is 121 Å². The van der Waals surface area contributed by atoms with Gasteiger partial charge in [0.05, 0.1) is 35.8 Å². The van der Waals surface area contributed by atoms with Gasteiger partial charge in [-0.25, -0.2) is 9.98 Å². The van der Waals surface area contributed by atoms with Crippen LogP contribution in [0.15, 0.2) is 142 Å². The van der Waals surface area contributed by atoms with E-state index in [0.717, 1.165) is 33.2 Å². The van der Waals surface area contributed by atoms with Gasteiger partial charge < -0.3 is 15.0 Å². The minimum atomic E-state index is -1.28. The Labute approximate surface area is 286 Å². The number of aromatic amines is 1. The molecule has 4 aliphatic rings. The number of ether oxygens (including phenoxy) is 1. The molecule has 0 saturated carbocycles. The van der Waals surface area contributed by atoms with Crippen LogP contribution in [0.3, 0.4) is 0 Å². The fraction of sp³-hybridized carbons (Fsp3) is 0.103. The normalized spacial score (nSPS) is 21.8. The van der Waals surface area contributed by atoms with Gasteiger partial charge >= 0.3 is 0 Å². The number of methoxy groups -OCH3 is 1. The van der Waals surface area contributed by atoms with E-state index in [1.54, 1.807) is 31.5 Å². The van der Waals surface area contributed by atoms with Crippen LogP contribution >= 0.6 is 11.6 Å². The van der Waals surface area contributed by atoms with E-state index < -0.39 is 17.5 Å². The lowest BCUT2D eigenvalue weighted by Crippen LogP contribution is -2.49. The van der Waals surface area contributed by atoms with Crippen molar-refractivity contribution in [3.05, 3.63) is 153 Å². The lowest BCUT2D eigenvalue weighted by atomic mass is 9.86. The number of pyridine rings is 1. The first-order valence-corrected chi connectivity index (χ1v) is 16.1. The molecule has 1 fully saturated rings. The molecule has 240 valence electrons. The number of carbonyl (C=O) groups excluding carboxylic acids is 2. The van der Waals surface area contributed by atoms with E-state index in [9.17, 15) is 9.59 Å². The molecule has 2 aromatic heterocycles. The number of hydrogen-bond acceptors (Lipinski definition) is 7. The van der Waals surface area contributed by atoms with Crippen LogP contribution in [0.5, 0.6) is 0 Å². The predicted octanol–water partition coefficient (Wildman–Crippen LogP) is 4.64. The summed E-state index contributed by atoms with van der Waals surface area (Å²) < 4.78 is 6.00. The van der Waals surface area contributed by atoms with Crippen LogP contribution in [-0.2, 0) is 20.7 Å². The summed E-state index contributed by atoms with van der Waals surface area (Å²) in [5, 5.41) is 9.54. The van der Waals surface area contributed by atoms with Crippen LogP contribution in [0, 0.1) is 0 Å². The maximum absolute atomic E-state index is 14.9. The van der Waals surface area contributed by atoms with Crippen molar-refractivity contribution in [1.29, 1.82) is 0 Å². The number of aliphatic imine (C=N–C) groups is 2. The van der Waals surface area contributed by atoms with Crippen molar-refractivity contribution in [3.8, 4) is 0 Å². The van der Waals surface area contributed by atoms with Gasteiger partial charge in [-0.05, 0) is 96.6 Å². The van der Waals surface area contributed by atoms with Crippen LogP contribution in [0.1, 0.15) is 5.56 Å². The summed E-state index contributed by atoms with van der Waals surface area (Å²) in [6.07, 6.45) is 16.6. The largest absolute Gasteiger partial charge is 0.497 e. The Balaban J connectivity index is 1.29. The zero-order valence-electron chi connectivity index (χ0n) is 26.3. The molecule has 2 aromatic carbocycles. The van der Waals surface area contributed by atoms with E-state index >= 15 is 0 Å². The number of nitrogens with zero attached hydrogens (tertiary/aromatic N) is 3. The summed E-state index contributed by atoms with van der Waals surface area (Å²) in [4.78, 5) is 45.9. The average molecular weight is 665 g/mol. The minimum Gasteiger partial charge on any atom is -0.497 e. The highest BCUT2D eigenvalue weighted by Crippen LogP contribution is 2.36. The number of hydrogen-bond donors (Lipinski definition) is 3. The fourth-order valence-corrected chi connectivity index (χ4v) is 6.65. The first kappa shape index (κ1) is 30.4. The van der Waals surface area contributed by atoms with Crippen LogP contribution in [0.25, 0.3) is 23.1 Å². The van der Waals surface area contributed by atoms with Crippen molar-refractivity contribution in [2.75, 3.05) is 12.4 Å². The molecule has 4 aliphatic heterocycles. The number of anilines is 1. The highest BCUT2D eigenvalue weighted by molar-refractivity contribution is 6.30. The van der Waals surface area contributed by atoms with Crippen molar-refractivity contribution >= 4 is 63.5 Å². The van der Waals surface area contributed by atoms with Gasteiger partial charge in [-0.15, -0.1) is 0 Å². The number of amides is 1. The molecule has 3 N–H and O–H groups in total. The van der Waals surface area contributed by atoms with Crippen molar-refractivity contribution in [2.45, 2.75) is 18.0 Å². The highest BCUT2D eigenvalue weighted by atomic mass is 35.5. The summed E-state index contributed by atoms with van der Waals surface area (Å²) in [6.45, 7) is 0. The number of carbonyl (C=O) groups is 2. The summed E-state index contributed by atoms with van der Waals surface area (Å²) in [5.74, 6) is -0.329. The number of benzene rings is 2. The van der Waals surface area contributed by atoms with Crippen molar-refractivity contribution in [1.82, 2.24) is 15.3 Å². The van der Waals surface area contributed by atoms with E-state index in [4.69, 9.17) is 26.3 Å². The van der Waals surface area contributed by atoms with E-state index in [1.165, 1.54) is 6.08 Å². The number of Topliss-reactive ketones (excluding diaryl/α,β-unsaturated/α-hetero) is 1. The van der Waals surface area contributed by atoms with Gasteiger partial charge in [0.2, 0.25) is 5.91 Å². The van der Waals surface area contributed by atoms with E-state index in [0.29, 0.717) is 33.2 Å². The number of aromatic nitrogens is 2. The molecule has 4 aromatic rings. The lowest BCUT2D eigenvalue weighted by Gasteiger charge is -2.26. The van der Waals surface area contributed by atoms with Crippen LogP contribution in [0.4, 0.5) is 5.69 Å². The monoisotopic (exact) mass is 664 g/mol. The number of H-pyrrole nitrogens is 1. The molecule has 9 nitrogen and oxygen atoms in total. The SMILES string of the molecule is COC1=C2C=CC(=N2)C=C2C=CC(=N2)C=c2ccc([nH]2)=CC2(Cc3ccc(Cl)cc3)NC1/C(=C\C(=O)Nc1ccc3ncccc3c1)C2=O. The number of fused-ring (bicyclic) bond motifs is 7. The third-order valence-corrected chi connectivity index (χ3v) is 9.00. The molecule has 0 aliphatic carbocycles. The van der Waals surface area contributed by atoms with Gasteiger partial charge in [0.15, 0.2) is 5.78 Å². The molecule has 6 heterocycles. The molecular weight excluding hydrogens is 636 g/mol.